The van der Waals surface area contributed by atoms with Gasteiger partial charge < -0.3 is 14.9 Å². The molecule has 6 heteroatoms. The highest BCUT2D eigenvalue weighted by Crippen LogP contribution is 2.33. The molecule has 1 aromatic carbocycles. The van der Waals surface area contributed by atoms with E-state index in [1.54, 1.807) is 25.1 Å². The maximum atomic E-state index is 12.0. The molecule has 0 aliphatic heterocycles. The molecular weight excluding hydrogens is 326 g/mol. The Balaban J connectivity index is 2.73. The molecule has 2 aromatic rings. The normalized spacial score (nSPS) is 10.3. The van der Waals surface area contributed by atoms with Crippen LogP contribution >= 0.6 is 15.9 Å². The summed E-state index contributed by atoms with van der Waals surface area (Å²) in [4.78, 5) is 23.6. The highest BCUT2D eigenvalue weighted by atomic mass is 79.9. The number of ether oxygens (including phenoxy) is 1. The summed E-state index contributed by atoms with van der Waals surface area (Å²) >= 11 is 3.37. The predicted octanol–water partition coefficient (Wildman–Crippen LogP) is 2.83. The second-order valence-electron chi connectivity index (χ2n) is 3.93. The Morgan fingerprint density at radius 3 is 2.75 bits per heavy atom. The Kier molecular flexibility index (Phi) is 4.24. The van der Waals surface area contributed by atoms with Crippen LogP contribution in [-0.4, -0.2) is 12.6 Å². The van der Waals surface area contributed by atoms with E-state index in [-0.39, 0.29) is 17.9 Å². The molecule has 0 amide bonds. The minimum Gasteiger partial charge on any atom is -0.462 e. The lowest BCUT2D eigenvalue weighted by Crippen LogP contribution is -2.14. The number of nitrogens with two attached hydrogens (primary N) is 1. The second-order valence-corrected chi connectivity index (χ2v) is 4.78. The van der Waals surface area contributed by atoms with Crippen molar-refractivity contribution in [2.45, 2.75) is 6.92 Å². The average molecular weight is 338 g/mol. The van der Waals surface area contributed by atoms with Crippen molar-refractivity contribution >= 4 is 27.6 Å². The van der Waals surface area contributed by atoms with Gasteiger partial charge in [-0.25, -0.2) is 9.59 Å². The fourth-order valence-electron chi connectivity index (χ4n) is 1.80. The molecule has 1 aromatic heterocycles. The van der Waals surface area contributed by atoms with Crippen molar-refractivity contribution in [3.8, 4) is 11.1 Å². The third-order valence-corrected chi connectivity index (χ3v) is 3.37. The zero-order valence-electron chi connectivity index (χ0n) is 10.7. The summed E-state index contributed by atoms with van der Waals surface area (Å²) in [7, 11) is 0. The molecule has 0 fully saturated rings. The summed E-state index contributed by atoms with van der Waals surface area (Å²) < 4.78 is 10.4. The number of benzene rings is 1. The number of nitrogen functional groups attached to an aromatic ring is 1. The molecule has 104 valence electrons. The van der Waals surface area contributed by atoms with Gasteiger partial charge >= 0.3 is 11.6 Å². The lowest BCUT2D eigenvalue weighted by Gasteiger charge is -2.11. The third kappa shape index (κ3) is 2.60. The minimum absolute atomic E-state index is 0.121. The summed E-state index contributed by atoms with van der Waals surface area (Å²) in [5.41, 5.74) is 6.03. The molecule has 0 atom stereocenters. The molecular formula is C14H12BrNO4. The van der Waals surface area contributed by atoms with E-state index in [0.717, 1.165) is 6.26 Å². The van der Waals surface area contributed by atoms with Crippen LogP contribution in [-0.2, 0) is 4.74 Å². The molecule has 20 heavy (non-hydrogen) atoms. The van der Waals surface area contributed by atoms with Crippen molar-refractivity contribution < 1.29 is 13.9 Å². The van der Waals surface area contributed by atoms with Crippen LogP contribution in [0.25, 0.3) is 11.1 Å². The Hall–Kier alpha value is -2.08. The first-order chi connectivity index (χ1) is 9.56. The minimum atomic E-state index is -0.691. The Morgan fingerprint density at radius 2 is 2.10 bits per heavy atom. The van der Waals surface area contributed by atoms with E-state index in [9.17, 15) is 9.59 Å². The number of carbonyl (C=O) groups is 1. The molecule has 0 bridgehead atoms. The second kappa shape index (κ2) is 5.92. The molecule has 2 rings (SSSR count). The van der Waals surface area contributed by atoms with E-state index in [1.165, 1.54) is 0 Å². The van der Waals surface area contributed by atoms with Gasteiger partial charge in [-0.15, -0.1) is 0 Å². The zero-order valence-corrected chi connectivity index (χ0v) is 12.3. The highest BCUT2D eigenvalue weighted by Gasteiger charge is 2.21. The summed E-state index contributed by atoms with van der Waals surface area (Å²) in [5, 5.41) is 0. The first kappa shape index (κ1) is 14.3. The number of carbonyl (C=O) groups excluding carboxylic acids is 1. The summed E-state index contributed by atoms with van der Waals surface area (Å²) in [5.74, 6) is -0.589. The smallest absolute Gasteiger partial charge is 0.359 e. The molecule has 0 saturated heterocycles. The molecule has 1 heterocycles. The lowest BCUT2D eigenvalue weighted by atomic mass is 10.0. The van der Waals surface area contributed by atoms with Crippen LogP contribution in [0.2, 0.25) is 0 Å². The van der Waals surface area contributed by atoms with E-state index in [0.29, 0.717) is 15.6 Å². The van der Waals surface area contributed by atoms with Crippen molar-refractivity contribution in [2.75, 3.05) is 12.3 Å². The molecule has 2 N–H and O–H groups in total. The van der Waals surface area contributed by atoms with Crippen molar-refractivity contribution in [3.63, 3.8) is 0 Å². The topological polar surface area (TPSA) is 82.5 Å². The van der Waals surface area contributed by atoms with Crippen LogP contribution in [0.5, 0.6) is 0 Å². The Morgan fingerprint density at radius 1 is 1.40 bits per heavy atom. The molecule has 0 unspecified atom stereocenters. The van der Waals surface area contributed by atoms with Gasteiger partial charge in [0.25, 0.3) is 0 Å². The SMILES string of the molecule is CCOC(=O)c1coc(=O)c(N)c1-c1ccccc1Br. The van der Waals surface area contributed by atoms with Crippen LogP contribution in [0.15, 0.2) is 44.2 Å². The van der Waals surface area contributed by atoms with Crippen LogP contribution in [0.1, 0.15) is 17.3 Å². The molecule has 0 saturated carbocycles. The van der Waals surface area contributed by atoms with Crippen LogP contribution in [0.3, 0.4) is 0 Å². The van der Waals surface area contributed by atoms with Crippen LogP contribution < -0.4 is 11.4 Å². The van der Waals surface area contributed by atoms with Gasteiger partial charge in [-0.05, 0) is 18.6 Å². The van der Waals surface area contributed by atoms with E-state index in [4.69, 9.17) is 14.9 Å². The number of rotatable bonds is 3. The van der Waals surface area contributed by atoms with Gasteiger partial charge in [0.05, 0.1) is 6.61 Å². The highest BCUT2D eigenvalue weighted by molar-refractivity contribution is 9.10. The van der Waals surface area contributed by atoms with E-state index < -0.39 is 11.6 Å². The molecule has 0 radical (unpaired) electrons. The lowest BCUT2D eigenvalue weighted by molar-refractivity contribution is 0.0524. The van der Waals surface area contributed by atoms with Crippen LogP contribution in [0.4, 0.5) is 5.69 Å². The van der Waals surface area contributed by atoms with Gasteiger partial charge in [0.1, 0.15) is 17.5 Å². The largest absolute Gasteiger partial charge is 0.462 e. The van der Waals surface area contributed by atoms with Gasteiger partial charge in [0, 0.05) is 10.0 Å². The van der Waals surface area contributed by atoms with Gasteiger partial charge in [-0.1, -0.05) is 34.1 Å². The molecule has 5 nitrogen and oxygen atoms in total. The Bertz CT molecular complexity index is 709. The Labute approximate surface area is 123 Å². The molecule has 0 spiro atoms. The van der Waals surface area contributed by atoms with Gasteiger partial charge in [-0.2, -0.15) is 0 Å². The summed E-state index contributed by atoms with van der Waals surface area (Å²) in [6.07, 6.45) is 1.07. The molecule has 0 aliphatic carbocycles. The average Bonchev–Trinajstić information content (AvgIpc) is 2.43. The standard InChI is InChI=1S/C14H12BrNO4/c1-2-19-13(17)9-7-20-14(18)12(16)11(9)8-5-3-4-6-10(8)15/h3-7H,2,16H2,1H3. The van der Waals surface area contributed by atoms with E-state index in [1.807, 2.05) is 6.07 Å². The van der Waals surface area contributed by atoms with E-state index in [2.05, 4.69) is 15.9 Å². The summed E-state index contributed by atoms with van der Waals surface area (Å²) in [6.45, 7) is 1.91. The van der Waals surface area contributed by atoms with Crippen molar-refractivity contribution in [2.24, 2.45) is 0 Å². The number of esters is 1. The third-order valence-electron chi connectivity index (χ3n) is 2.68. The summed E-state index contributed by atoms with van der Waals surface area (Å²) in [6, 6.07) is 7.14. The van der Waals surface area contributed by atoms with Gasteiger partial charge in [0.15, 0.2) is 0 Å². The number of hydrogen-bond acceptors (Lipinski definition) is 5. The van der Waals surface area contributed by atoms with Gasteiger partial charge in [-0.3, -0.25) is 0 Å². The van der Waals surface area contributed by atoms with Gasteiger partial charge in [0.2, 0.25) is 0 Å². The monoisotopic (exact) mass is 337 g/mol. The number of anilines is 1. The number of hydrogen-bond donors (Lipinski definition) is 1. The zero-order chi connectivity index (χ0) is 14.7. The maximum absolute atomic E-state index is 12.0. The predicted molar refractivity (Wildman–Crippen MR) is 78.5 cm³/mol. The fourth-order valence-corrected chi connectivity index (χ4v) is 2.28. The van der Waals surface area contributed by atoms with Crippen molar-refractivity contribution in [1.82, 2.24) is 0 Å². The quantitative estimate of drug-likeness (QED) is 0.870. The fraction of sp³-hybridized carbons (Fsp3) is 0.143. The molecule has 0 aliphatic rings. The van der Waals surface area contributed by atoms with E-state index >= 15 is 0 Å². The first-order valence-electron chi connectivity index (χ1n) is 5.89. The maximum Gasteiger partial charge on any atom is 0.359 e. The van der Waals surface area contributed by atoms with Crippen LogP contribution in [0, 0.1) is 0 Å². The van der Waals surface area contributed by atoms with Crippen molar-refractivity contribution in [1.29, 1.82) is 0 Å². The van der Waals surface area contributed by atoms with Crippen molar-refractivity contribution in [3.05, 3.63) is 51.0 Å². The number of halogens is 1. The first-order valence-corrected chi connectivity index (χ1v) is 6.68.